The van der Waals surface area contributed by atoms with E-state index in [2.05, 4.69) is 27.8 Å². The molecule has 5 heteroatoms. The zero-order valence-corrected chi connectivity index (χ0v) is 15.7. The van der Waals surface area contributed by atoms with Gasteiger partial charge in [0.25, 0.3) is 0 Å². The second-order valence-corrected chi connectivity index (χ2v) is 7.81. The van der Waals surface area contributed by atoms with Gasteiger partial charge >= 0.3 is 6.09 Å². The molecule has 1 aromatic rings. The van der Waals surface area contributed by atoms with Gasteiger partial charge in [-0.05, 0) is 58.1 Å². The minimum atomic E-state index is -0.431. The second kappa shape index (κ2) is 7.47. The molecule has 0 fully saturated rings. The molecule has 0 saturated carbocycles. The number of fused-ring (bicyclic) bond motifs is 1. The van der Waals surface area contributed by atoms with Crippen LogP contribution in [0.3, 0.4) is 0 Å². The Hall–Kier alpha value is -1.36. The van der Waals surface area contributed by atoms with Crippen molar-refractivity contribution < 1.29 is 9.53 Å². The molecular weight excluding hydrogens is 356 g/mol. The number of ether oxygens (including phenoxy) is 1. The zero-order chi connectivity index (χ0) is 17.0. The number of pyridine rings is 1. The van der Waals surface area contributed by atoms with Crippen LogP contribution in [0.15, 0.2) is 23.2 Å². The van der Waals surface area contributed by atoms with Gasteiger partial charge in [-0.3, -0.25) is 4.98 Å². The Kier molecular flexibility index (Phi) is 5.84. The normalized spacial score (nSPS) is 15.5. The molecule has 0 aliphatic heterocycles. The summed E-state index contributed by atoms with van der Waals surface area (Å²) in [7, 11) is 0. The maximum absolute atomic E-state index is 12.1. The molecule has 1 aliphatic rings. The standard InChI is InChI=1S/C18H25BrN2O2/c1-5-8-16(23-17(22)21-18(2,3)4)15-11-13(19)12-9-6-7-10-14(12)20-15/h5,11,16H,1,6-10H2,2-4H3,(H,21,22)/t16-/m0/s1. The van der Waals surface area contributed by atoms with E-state index in [4.69, 9.17) is 9.72 Å². The first-order chi connectivity index (χ1) is 10.8. The van der Waals surface area contributed by atoms with Gasteiger partial charge in [-0.15, -0.1) is 6.58 Å². The van der Waals surface area contributed by atoms with Crippen molar-refractivity contribution in [1.82, 2.24) is 10.3 Å². The first kappa shape index (κ1) is 18.0. The summed E-state index contributed by atoms with van der Waals surface area (Å²) in [6.07, 6.45) is 5.84. The molecule has 1 aliphatic carbocycles. The molecular formula is C18H25BrN2O2. The lowest BCUT2D eigenvalue weighted by atomic mass is 9.95. The minimum Gasteiger partial charge on any atom is -0.439 e. The molecule has 1 atom stereocenters. The third-order valence-corrected chi connectivity index (χ3v) is 4.41. The molecule has 4 nitrogen and oxygen atoms in total. The van der Waals surface area contributed by atoms with Gasteiger partial charge in [0, 0.05) is 22.1 Å². The van der Waals surface area contributed by atoms with Gasteiger partial charge in [0.05, 0.1) is 5.69 Å². The van der Waals surface area contributed by atoms with Crippen LogP contribution in [0.5, 0.6) is 0 Å². The van der Waals surface area contributed by atoms with E-state index in [0.29, 0.717) is 6.42 Å². The van der Waals surface area contributed by atoms with Gasteiger partial charge in [-0.25, -0.2) is 4.79 Å². The fourth-order valence-electron chi connectivity index (χ4n) is 2.69. The third kappa shape index (κ3) is 5.06. The van der Waals surface area contributed by atoms with Crippen molar-refractivity contribution in [2.24, 2.45) is 0 Å². The number of halogens is 1. The van der Waals surface area contributed by atoms with Gasteiger partial charge in [0.2, 0.25) is 0 Å². The summed E-state index contributed by atoms with van der Waals surface area (Å²) in [5.41, 5.74) is 2.85. The van der Waals surface area contributed by atoms with Crippen LogP contribution in [-0.4, -0.2) is 16.6 Å². The van der Waals surface area contributed by atoms with E-state index < -0.39 is 12.2 Å². The number of nitrogens with zero attached hydrogens (tertiary/aromatic N) is 1. The van der Waals surface area contributed by atoms with E-state index in [-0.39, 0.29) is 5.54 Å². The molecule has 0 saturated heterocycles. The van der Waals surface area contributed by atoms with Crippen LogP contribution < -0.4 is 5.32 Å². The van der Waals surface area contributed by atoms with Crippen molar-refractivity contribution in [2.75, 3.05) is 0 Å². The van der Waals surface area contributed by atoms with E-state index in [0.717, 1.165) is 35.1 Å². The van der Waals surface area contributed by atoms with Crippen molar-refractivity contribution in [3.8, 4) is 0 Å². The number of alkyl carbamates (subject to hydrolysis) is 1. The fourth-order valence-corrected chi connectivity index (χ4v) is 3.35. The highest BCUT2D eigenvalue weighted by Gasteiger charge is 2.23. The fraction of sp³-hybridized carbons (Fsp3) is 0.556. The number of aromatic nitrogens is 1. The number of aryl methyl sites for hydroxylation is 1. The number of nitrogens with one attached hydrogen (secondary N) is 1. The monoisotopic (exact) mass is 380 g/mol. The molecule has 0 bridgehead atoms. The highest BCUT2D eigenvalue weighted by molar-refractivity contribution is 9.10. The Bertz CT molecular complexity index is 593. The Balaban J connectivity index is 2.22. The predicted molar refractivity (Wildman–Crippen MR) is 95.5 cm³/mol. The summed E-state index contributed by atoms with van der Waals surface area (Å²) in [6, 6.07) is 1.97. The van der Waals surface area contributed by atoms with Crippen LogP contribution in [0.2, 0.25) is 0 Å². The lowest BCUT2D eigenvalue weighted by molar-refractivity contribution is 0.0900. The van der Waals surface area contributed by atoms with Crippen molar-refractivity contribution in [3.05, 3.63) is 40.1 Å². The van der Waals surface area contributed by atoms with E-state index in [9.17, 15) is 4.79 Å². The van der Waals surface area contributed by atoms with Gasteiger partial charge < -0.3 is 10.1 Å². The van der Waals surface area contributed by atoms with E-state index in [1.807, 2.05) is 26.8 Å². The van der Waals surface area contributed by atoms with Crippen LogP contribution >= 0.6 is 15.9 Å². The lowest BCUT2D eigenvalue weighted by Crippen LogP contribution is -2.41. The number of rotatable bonds is 4. The molecule has 1 aromatic heterocycles. The average molecular weight is 381 g/mol. The summed E-state index contributed by atoms with van der Waals surface area (Å²) in [4.78, 5) is 16.8. The minimum absolute atomic E-state index is 0.334. The maximum Gasteiger partial charge on any atom is 0.408 e. The first-order valence-corrected chi connectivity index (χ1v) is 8.87. The molecule has 23 heavy (non-hydrogen) atoms. The maximum atomic E-state index is 12.1. The largest absolute Gasteiger partial charge is 0.439 e. The first-order valence-electron chi connectivity index (χ1n) is 8.08. The van der Waals surface area contributed by atoms with Gasteiger partial charge in [-0.1, -0.05) is 22.0 Å². The Morgan fingerprint density at radius 3 is 2.83 bits per heavy atom. The predicted octanol–water partition coefficient (Wildman–Crippen LogP) is 4.86. The van der Waals surface area contributed by atoms with E-state index >= 15 is 0 Å². The molecule has 2 rings (SSSR count). The number of carbonyl (C=O) groups is 1. The van der Waals surface area contributed by atoms with Crippen LogP contribution in [-0.2, 0) is 17.6 Å². The Labute approximate surface area is 146 Å². The smallest absolute Gasteiger partial charge is 0.408 e. The quantitative estimate of drug-likeness (QED) is 0.758. The molecule has 1 N–H and O–H groups in total. The van der Waals surface area contributed by atoms with Gasteiger partial charge in [0.1, 0.15) is 6.10 Å². The van der Waals surface area contributed by atoms with E-state index in [1.165, 1.54) is 12.0 Å². The molecule has 0 spiro atoms. The lowest BCUT2D eigenvalue weighted by Gasteiger charge is -2.24. The summed E-state index contributed by atoms with van der Waals surface area (Å²) in [6.45, 7) is 9.53. The molecule has 1 heterocycles. The van der Waals surface area contributed by atoms with Crippen LogP contribution in [0.25, 0.3) is 0 Å². The number of hydrogen-bond donors (Lipinski definition) is 1. The summed E-state index contributed by atoms with van der Waals surface area (Å²) < 4.78 is 6.66. The Morgan fingerprint density at radius 1 is 1.48 bits per heavy atom. The van der Waals surface area contributed by atoms with Crippen LogP contribution in [0.1, 0.15) is 63.1 Å². The van der Waals surface area contributed by atoms with Crippen molar-refractivity contribution >= 4 is 22.0 Å². The molecule has 126 valence electrons. The number of carbonyl (C=O) groups excluding carboxylic acids is 1. The van der Waals surface area contributed by atoms with E-state index in [1.54, 1.807) is 6.08 Å². The summed E-state index contributed by atoms with van der Waals surface area (Å²) in [5, 5.41) is 2.82. The zero-order valence-electron chi connectivity index (χ0n) is 14.1. The van der Waals surface area contributed by atoms with Crippen molar-refractivity contribution in [2.45, 2.75) is 64.5 Å². The van der Waals surface area contributed by atoms with Crippen LogP contribution in [0, 0.1) is 0 Å². The van der Waals surface area contributed by atoms with Crippen LogP contribution in [0.4, 0.5) is 4.79 Å². The molecule has 0 aromatic carbocycles. The molecule has 0 unspecified atom stereocenters. The second-order valence-electron chi connectivity index (χ2n) is 6.95. The van der Waals surface area contributed by atoms with Gasteiger partial charge in [-0.2, -0.15) is 0 Å². The molecule has 0 radical (unpaired) electrons. The number of hydrogen-bond acceptors (Lipinski definition) is 3. The SMILES string of the molecule is C=CC[C@H](OC(=O)NC(C)(C)C)c1cc(Br)c2c(n1)CCCC2. The third-order valence-electron chi connectivity index (χ3n) is 3.70. The summed E-state index contributed by atoms with van der Waals surface area (Å²) in [5.74, 6) is 0. The van der Waals surface area contributed by atoms with Crippen molar-refractivity contribution in [1.29, 1.82) is 0 Å². The average Bonchev–Trinajstić information content (AvgIpc) is 2.45. The van der Waals surface area contributed by atoms with Gasteiger partial charge in [0.15, 0.2) is 0 Å². The molecule has 1 amide bonds. The summed E-state index contributed by atoms with van der Waals surface area (Å²) >= 11 is 3.65. The highest BCUT2D eigenvalue weighted by Crippen LogP contribution is 2.31. The Morgan fingerprint density at radius 2 is 2.17 bits per heavy atom. The highest BCUT2D eigenvalue weighted by atomic mass is 79.9. The number of amides is 1. The topological polar surface area (TPSA) is 51.2 Å². The van der Waals surface area contributed by atoms with Crippen molar-refractivity contribution in [3.63, 3.8) is 0 Å².